The molecule has 0 saturated heterocycles. The fourth-order valence-corrected chi connectivity index (χ4v) is 8.69. The van der Waals surface area contributed by atoms with Crippen LogP contribution in [0.2, 0.25) is 0 Å². The van der Waals surface area contributed by atoms with E-state index < -0.39 is 35.0 Å². The van der Waals surface area contributed by atoms with Gasteiger partial charge in [0.15, 0.2) is 11.6 Å². The number of para-hydroxylation sites is 2. The summed E-state index contributed by atoms with van der Waals surface area (Å²) in [7, 11) is 0. The summed E-state index contributed by atoms with van der Waals surface area (Å²) >= 11 is 0. The van der Waals surface area contributed by atoms with E-state index in [0.29, 0.717) is 39.3 Å². The zero-order valence-corrected chi connectivity index (χ0v) is 33.4. The van der Waals surface area contributed by atoms with Crippen LogP contribution < -0.4 is 9.80 Å². The summed E-state index contributed by atoms with van der Waals surface area (Å²) in [5.74, 6) is -3.30. The Morgan fingerprint density at radius 2 is 0.810 bits per heavy atom. The second kappa shape index (κ2) is 15.4. The Kier molecular flexibility index (Phi) is 9.63. The van der Waals surface area contributed by atoms with Gasteiger partial charge in [-0.2, -0.15) is 13.2 Å². The number of nitrogens with zero attached hydrogens (tertiary/aromatic N) is 2. The van der Waals surface area contributed by atoms with Crippen LogP contribution >= 0.6 is 0 Å². The lowest BCUT2D eigenvalue weighted by atomic mass is 9.91. The molecule has 308 valence electrons. The second-order valence-electron chi connectivity index (χ2n) is 15.4. The van der Waals surface area contributed by atoms with Gasteiger partial charge in [0.25, 0.3) is 0 Å². The highest BCUT2D eigenvalue weighted by Gasteiger charge is 2.31. The molecule has 9 heteroatoms. The van der Waals surface area contributed by atoms with Crippen LogP contribution in [0, 0.1) is 30.2 Å². The first kappa shape index (κ1) is 39.5. The maximum absolute atomic E-state index is 16.7. The molecule has 0 aliphatic carbocycles. The van der Waals surface area contributed by atoms with E-state index in [4.69, 9.17) is 0 Å². The first-order valence-corrected chi connectivity index (χ1v) is 20.1. The maximum atomic E-state index is 16.7. The van der Waals surface area contributed by atoms with Gasteiger partial charge in [0.2, 0.25) is 0 Å². The van der Waals surface area contributed by atoms with Gasteiger partial charge in [0.05, 0.1) is 28.3 Å². The number of benzene rings is 10. The highest BCUT2D eigenvalue weighted by Crippen LogP contribution is 2.51. The standard InChI is InChI=1S/C54H33F7N2/c1-32-12-14-33(15-13-32)44-28-38(55)30-46(57)52(44)62(40-8-4-2-5-9-40)48-26-20-35-19-25-43-49(27-21-36-18-24-42(48)50(35)51(36)43)63(41-10-6-3-7-11-41)53-45(29-39(56)31-47(53)58)34-16-22-37(23-17-34)54(59,60)61/h2-31H,1H3. The topological polar surface area (TPSA) is 6.48 Å². The van der Waals surface area contributed by atoms with Crippen molar-refractivity contribution in [3.63, 3.8) is 0 Å². The van der Waals surface area contributed by atoms with E-state index in [-0.39, 0.29) is 22.5 Å². The summed E-state index contributed by atoms with van der Waals surface area (Å²) in [4.78, 5) is 3.46. The lowest BCUT2D eigenvalue weighted by molar-refractivity contribution is -0.137. The van der Waals surface area contributed by atoms with E-state index in [0.717, 1.165) is 62.8 Å². The minimum absolute atomic E-state index is 0.0438. The molecule has 10 aromatic rings. The Balaban J connectivity index is 1.24. The predicted octanol–water partition coefficient (Wildman–Crippen LogP) is 16.7. The van der Waals surface area contributed by atoms with Gasteiger partial charge in [-0.15, -0.1) is 0 Å². The quantitative estimate of drug-likeness (QED) is 0.111. The third-order valence-corrected chi connectivity index (χ3v) is 11.5. The Hall–Kier alpha value is -7.65. The molecule has 0 N–H and O–H groups in total. The van der Waals surface area contributed by atoms with Crippen molar-refractivity contribution >= 4 is 66.4 Å². The average Bonchev–Trinajstić information content (AvgIpc) is 3.28. The monoisotopic (exact) mass is 842 g/mol. The molecule has 10 rings (SSSR count). The molecule has 0 aliphatic heterocycles. The molecule has 0 aliphatic rings. The van der Waals surface area contributed by atoms with Crippen LogP contribution in [0.3, 0.4) is 0 Å². The number of hydrogen-bond acceptors (Lipinski definition) is 2. The Labute approximate surface area is 357 Å². The molecule has 0 unspecified atom stereocenters. The number of halogens is 7. The van der Waals surface area contributed by atoms with Crippen LogP contribution in [-0.4, -0.2) is 0 Å². The first-order valence-electron chi connectivity index (χ1n) is 20.1. The van der Waals surface area contributed by atoms with Crippen LogP contribution in [0.5, 0.6) is 0 Å². The van der Waals surface area contributed by atoms with Gasteiger partial charge >= 0.3 is 6.18 Å². The van der Waals surface area contributed by atoms with E-state index in [9.17, 15) is 13.2 Å². The minimum Gasteiger partial charge on any atom is -0.307 e. The summed E-state index contributed by atoms with van der Waals surface area (Å²) < 4.78 is 105. The van der Waals surface area contributed by atoms with Crippen molar-refractivity contribution in [3.8, 4) is 22.3 Å². The largest absolute Gasteiger partial charge is 0.416 e. The summed E-state index contributed by atoms with van der Waals surface area (Å²) in [5, 5.41) is 4.76. The van der Waals surface area contributed by atoms with Crippen molar-refractivity contribution in [3.05, 3.63) is 216 Å². The highest BCUT2D eigenvalue weighted by atomic mass is 19.4. The molecule has 0 bridgehead atoms. The second-order valence-corrected chi connectivity index (χ2v) is 15.4. The molecule has 0 spiro atoms. The van der Waals surface area contributed by atoms with Crippen molar-refractivity contribution in [2.24, 2.45) is 0 Å². The van der Waals surface area contributed by atoms with Crippen LogP contribution in [0.15, 0.2) is 182 Å². The van der Waals surface area contributed by atoms with Gasteiger partial charge in [-0.1, -0.05) is 115 Å². The molecule has 0 heterocycles. The third kappa shape index (κ3) is 6.95. The molecule has 0 amide bonds. The molecule has 10 aromatic carbocycles. The Bertz CT molecular complexity index is 3310. The maximum Gasteiger partial charge on any atom is 0.416 e. The van der Waals surface area contributed by atoms with Gasteiger partial charge in [0.1, 0.15) is 11.6 Å². The first-order chi connectivity index (χ1) is 30.4. The molecular weight excluding hydrogens is 810 g/mol. The van der Waals surface area contributed by atoms with Crippen molar-refractivity contribution in [1.82, 2.24) is 0 Å². The normalized spacial score (nSPS) is 11.8. The van der Waals surface area contributed by atoms with Crippen molar-refractivity contribution < 1.29 is 30.7 Å². The average molecular weight is 843 g/mol. The van der Waals surface area contributed by atoms with Crippen LogP contribution in [0.25, 0.3) is 54.6 Å². The molecule has 0 aromatic heterocycles. The van der Waals surface area contributed by atoms with Gasteiger partial charge in [0, 0.05) is 45.4 Å². The van der Waals surface area contributed by atoms with Gasteiger partial charge in [-0.05, 0) is 100 Å². The lowest BCUT2D eigenvalue weighted by Gasteiger charge is -2.31. The van der Waals surface area contributed by atoms with E-state index in [2.05, 4.69) is 0 Å². The molecule has 63 heavy (non-hydrogen) atoms. The fourth-order valence-electron chi connectivity index (χ4n) is 8.69. The van der Waals surface area contributed by atoms with Crippen molar-refractivity contribution in [1.29, 1.82) is 0 Å². The number of anilines is 6. The summed E-state index contributed by atoms with van der Waals surface area (Å²) in [6, 6.07) is 49.4. The Morgan fingerprint density at radius 1 is 0.413 bits per heavy atom. The minimum atomic E-state index is -4.61. The molecule has 2 nitrogen and oxygen atoms in total. The highest BCUT2D eigenvalue weighted by molar-refractivity contribution is 6.28. The van der Waals surface area contributed by atoms with Crippen LogP contribution in [0.1, 0.15) is 11.1 Å². The van der Waals surface area contributed by atoms with E-state index in [1.54, 1.807) is 40.1 Å². The van der Waals surface area contributed by atoms with E-state index >= 15 is 17.6 Å². The summed E-state index contributed by atoms with van der Waals surface area (Å²) in [5.41, 5.74) is 3.66. The van der Waals surface area contributed by atoms with Gasteiger partial charge in [-0.25, -0.2) is 17.6 Å². The van der Waals surface area contributed by atoms with Crippen LogP contribution in [0.4, 0.5) is 64.9 Å². The predicted molar refractivity (Wildman–Crippen MR) is 240 cm³/mol. The zero-order chi connectivity index (χ0) is 43.6. The van der Waals surface area contributed by atoms with Crippen LogP contribution in [-0.2, 0) is 6.18 Å². The number of aryl methyl sites for hydroxylation is 1. The smallest absolute Gasteiger partial charge is 0.307 e. The molecular formula is C54H33F7N2. The molecule has 0 saturated carbocycles. The molecule has 0 radical (unpaired) electrons. The molecule has 0 atom stereocenters. The number of rotatable bonds is 8. The zero-order valence-electron chi connectivity index (χ0n) is 33.4. The summed E-state index contributed by atoms with van der Waals surface area (Å²) in [6.45, 7) is 1.94. The molecule has 0 fully saturated rings. The Morgan fingerprint density at radius 3 is 1.22 bits per heavy atom. The SMILES string of the molecule is Cc1ccc(-c2cc(F)cc(F)c2N(c2ccccc2)c2ccc3ccc4c(N(c5ccccc5)c5c(F)cc(F)cc5-c5ccc(C(F)(F)F)cc5)ccc5ccc2c3c54)cc1. The third-order valence-electron chi connectivity index (χ3n) is 11.5. The number of alkyl halides is 3. The number of hydrogen-bond donors (Lipinski definition) is 0. The fraction of sp³-hybridized carbons (Fsp3) is 0.0370. The van der Waals surface area contributed by atoms with E-state index in [1.807, 2.05) is 110 Å². The van der Waals surface area contributed by atoms with Crippen molar-refractivity contribution in [2.45, 2.75) is 13.1 Å². The van der Waals surface area contributed by atoms with Gasteiger partial charge in [-0.3, -0.25) is 0 Å². The van der Waals surface area contributed by atoms with Gasteiger partial charge < -0.3 is 9.80 Å². The van der Waals surface area contributed by atoms with Crippen molar-refractivity contribution in [2.75, 3.05) is 9.80 Å². The lowest BCUT2D eigenvalue weighted by Crippen LogP contribution is -2.15. The summed E-state index contributed by atoms with van der Waals surface area (Å²) in [6.07, 6.45) is -4.61. The van der Waals surface area contributed by atoms with E-state index in [1.165, 1.54) is 18.2 Å².